The number of fused-ring (bicyclic) bond motifs is 5. The Labute approximate surface area is 179 Å². The summed E-state index contributed by atoms with van der Waals surface area (Å²) in [5.74, 6) is -0.284. The standard InChI is InChI=1S/C24H22ClN3O2/c1-3-12-27-14-20(29)28-13-17(15-8-4-6-10-18(15)25)21-16-9-5-7-11-19(16)26-22(21)24(28,2)23(27)30/h3-11,17,26H,1,12-14H2,2H3/t17?,24-/m0/s1. The molecule has 2 atom stereocenters. The molecule has 1 fully saturated rings. The van der Waals surface area contributed by atoms with Gasteiger partial charge in [-0.2, -0.15) is 0 Å². The molecular formula is C24H22ClN3O2. The topological polar surface area (TPSA) is 56.4 Å². The number of halogens is 1. The van der Waals surface area contributed by atoms with Gasteiger partial charge in [-0.15, -0.1) is 6.58 Å². The number of nitrogens with one attached hydrogen (secondary N) is 1. The molecule has 5 rings (SSSR count). The van der Waals surface area contributed by atoms with Crippen molar-refractivity contribution in [3.63, 3.8) is 0 Å². The zero-order valence-corrected chi connectivity index (χ0v) is 17.4. The largest absolute Gasteiger partial charge is 0.356 e. The summed E-state index contributed by atoms with van der Waals surface area (Å²) in [6, 6.07) is 15.7. The highest BCUT2D eigenvalue weighted by Gasteiger charge is 2.56. The van der Waals surface area contributed by atoms with Crippen LogP contribution in [-0.4, -0.2) is 46.2 Å². The van der Waals surface area contributed by atoms with E-state index >= 15 is 0 Å². The smallest absolute Gasteiger partial charge is 0.255 e. The molecule has 3 aromatic rings. The molecule has 0 spiro atoms. The molecule has 1 unspecified atom stereocenters. The van der Waals surface area contributed by atoms with Crippen LogP contribution < -0.4 is 0 Å². The summed E-state index contributed by atoms with van der Waals surface area (Å²) < 4.78 is 0. The van der Waals surface area contributed by atoms with Gasteiger partial charge in [0.25, 0.3) is 5.91 Å². The van der Waals surface area contributed by atoms with Gasteiger partial charge in [-0.05, 0) is 30.2 Å². The van der Waals surface area contributed by atoms with E-state index in [2.05, 4.69) is 17.6 Å². The minimum Gasteiger partial charge on any atom is -0.356 e. The van der Waals surface area contributed by atoms with E-state index in [1.54, 1.807) is 15.9 Å². The van der Waals surface area contributed by atoms with E-state index in [4.69, 9.17) is 11.6 Å². The third-order valence-corrected chi connectivity index (χ3v) is 6.79. The van der Waals surface area contributed by atoms with Gasteiger partial charge in [-0.1, -0.05) is 54.1 Å². The molecule has 2 aliphatic rings. The average Bonchev–Trinajstić information content (AvgIpc) is 3.14. The van der Waals surface area contributed by atoms with Crippen molar-refractivity contribution in [2.75, 3.05) is 19.6 Å². The molecule has 3 heterocycles. The van der Waals surface area contributed by atoms with Crippen molar-refractivity contribution in [1.29, 1.82) is 0 Å². The number of hydrogen-bond donors (Lipinski definition) is 1. The molecule has 0 bridgehead atoms. The molecule has 2 amide bonds. The number of aromatic amines is 1. The maximum absolute atomic E-state index is 13.6. The Morgan fingerprint density at radius 1 is 1.20 bits per heavy atom. The number of rotatable bonds is 3. The number of H-pyrrole nitrogens is 1. The number of carbonyl (C=O) groups is 2. The number of nitrogens with zero attached hydrogens (tertiary/aromatic N) is 2. The van der Waals surface area contributed by atoms with Gasteiger partial charge < -0.3 is 14.8 Å². The Bertz CT molecular complexity index is 1200. The number of hydrogen-bond acceptors (Lipinski definition) is 2. The SMILES string of the molecule is C=CCN1CC(=O)N2CC(c3ccccc3Cl)c3c([nH]c4ccccc34)[C@@]2(C)C1=O. The second kappa shape index (κ2) is 6.74. The Hall–Kier alpha value is -3.05. The number of amides is 2. The lowest BCUT2D eigenvalue weighted by Gasteiger charge is -2.51. The predicted molar refractivity (Wildman–Crippen MR) is 117 cm³/mol. The fourth-order valence-electron chi connectivity index (χ4n) is 5.02. The fraction of sp³-hybridized carbons (Fsp3) is 0.250. The van der Waals surface area contributed by atoms with Gasteiger partial charge in [0.05, 0.1) is 5.69 Å². The highest BCUT2D eigenvalue weighted by Crippen LogP contribution is 2.48. The van der Waals surface area contributed by atoms with E-state index in [0.29, 0.717) is 18.1 Å². The van der Waals surface area contributed by atoms with Crippen LogP contribution in [0.2, 0.25) is 5.02 Å². The first-order valence-corrected chi connectivity index (χ1v) is 10.4. The van der Waals surface area contributed by atoms with Gasteiger partial charge in [-0.25, -0.2) is 0 Å². The van der Waals surface area contributed by atoms with Crippen LogP contribution in [0, 0.1) is 0 Å². The maximum Gasteiger partial charge on any atom is 0.255 e. The van der Waals surface area contributed by atoms with Crippen molar-refractivity contribution in [2.45, 2.75) is 18.4 Å². The first kappa shape index (κ1) is 18.9. The zero-order valence-electron chi connectivity index (χ0n) is 16.7. The van der Waals surface area contributed by atoms with Crippen molar-refractivity contribution in [1.82, 2.24) is 14.8 Å². The summed E-state index contributed by atoms with van der Waals surface area (Å²) >= 11 is 6.58. The van der Waals surface area contributed by atoms with E-state index in [9.17, 15) is 9.59 Å². The van der Waals surface area contributed by atoms with E-state index in [0.717, 1.165) is 27.7 Å². The first-order valence-electron chi connectivity index (χ1n) is 10.0. The monoisotopic (exact) mass is 419 g/mol. The predicted octanol–water partition coefficient (Wildman–Crippen LogP) is 4.04. The van der Waals surface area contributed by atoms with E-state index in [1.165, 1.54) is 0 Å². The lowest BCUT2D eigenvalue weighted by Crippen LogP contribution is -2.67. The molecule has 6 heteroatoms. The highest BCUT2D eigenvalue weighted by molar-refractivity contribution is 6.31. The summed E-state index contributed by atoms with van der Waals surface area (Å²) in [6.45, 7) is 6.40. The molecule has 0 radical (unpaired) electrons. The lowest BCUT2D eigenvalue weighted by molar-refractivity contribution is -0.165. The van der Waals surface area contributed by atoms with Crippen LogP contribution in [0.15, 0.2) is 61.2 Å². The molecule has 30 heavy (non-hydrogen) atoms. The second-order valence-electron chi connectivity index (χ2n) is 8.08. The Morgan fingerprint density at radius 2 is 1.93 bits per heavy atom. The Balaban J connectivity index is 1.79. The molecule has 1 N–H and O–H groups in total. The fourth-order valence-corrected chi connectivity index (χ4v) is 5.29. The minimum atomic E-state index is -1.09. The Morgan fingerprint density at radius 3 is 2.70 bits per heavy atom. The number of para-hydroxylation sites is 1. The quantitative estimate of drug-likeness (QED) is 0.651. The molecule has 5 nitrogen and oxygen atoms in total. The molecule has 2 aromatic carbocycles. The van der Waals surface area contributed by atoms with Crippen molar-refractivity contribution in [3.05, 3.63) is 83.0 Å². The summed E-state index contributed by atoms with van der Waals surface area (Å²) in [5, 5.41) is 1.71. The minimum absolute atomic E-state index is 0.0608. The van der Waals surface area contributed by atoms with Crippen molar-refractivity contribution in [3.8, 4) is 0 Å². The van der Waals surface area contributed by atoms with Crippen LogP contribution in [0.3, 0.4) is 0 Å². The van der Waals surface area contributed by atoms with Crippen LogP contribution in [0.5, 0.6) is 0 Å². The molecule has 1 aromatic heterocycles. The van der Waals surface area contributed by atoms with Gasteiger partial charge in [0.2, 0.25) is 5.91 Å². The van der Waals surface area contributed by atoms with Gasteiger partial charge in [0, 0.05) is 34.9 Å². The van der Waals surface area contributed by atoms with Gasteiger partial charge in [-0.3, -0.25) is 9.59 Å². The van der Waals surface area contributed by atoms with Crippen molar-refractivity contribution >= 4 is 34.3 Å². The molecule has 0 saturated carbocycles. The zero-order chi connectivity index (χ0) is 21.0. The lowest BCUT2D eigenvalue weighted by atomic mass is 9.76. The molecular weight excluding hydrogens is 398 g/mol. The van der Waals surface area contributed by atoms with E-state index in [-0.39, 0.29) is 24.3 Å². The molecule has 2 aliphatic heterocycles. The molecule has 1 saturated heterocycles. The van der Waals surface area contributed by atoms with Crippen LogP contribution >= 0.6 is 11.6 Å². The summed E-state index contributed by atoms with van der Waals surface area (Å²) in [4.78, 5) is 33.6. The Kier molecular flexibility index (Phi) is 4.26. The van der Waals surface area contributed by atoms with Crippen LogP contribution in [-0.2, 0) is 15.1 Å². The summed E-state index contributed by atoms with van der Waals surface area (Å²) in [7, 11) is 0. The third-order valence-electron chi connectivity index (χ3n) is 6.45. The second-order valence-corrected chi connectivity index (χ2v) is 8.49. The van der Waals surface area contributed by atoms with E-state index in [1.807, 2.05) is 49.4 Å². The number of carbonyl (C=O) groups excluding carboxylic acids is 2. The van der Waals surface area contributed by atoms with Crippen molar-refractivity contribution in [2.24, 2.45) is 0 Å². The van der Waals surface area contributed by atoms with Crippen LogP contribution in [0.4, 0.5) is 0 Å². The maximum atomic E-state index is 13.6. The summed E-state index contributed by atoms with van der Waals surface area (Å²) in [6.07, 6.45) is 1.66. The van der Waals surface area contributed by atoms with Gasteiger partial charge in [0.15, 0.2) is 5.54 Å². The number of piperazine rings is 1. The highest BCUT2D eigenvalue weighted by atomic mass is 35.5. The first-order chi connectivity index (χ1) is 14.5. The van der Waals surface area contributed by atoms with Crippen molar-refractivity contribution < 1.29 is 9.59 Å². The van der Waals surface area contributed by atoms with Crippen LogP contribution in [0.25, 0.3) is 10.9 Å². The van der Waals surface area contributed by atoms with Gasteiger partial charge >= 0.3 is 0 Å². The number of benzene rings is 2. The average molecular weight is 420 g/mol. The normalized spacial score (nSPS) is 23.5. The third kappa shape index (κ3) is 2.48. The number of aromatic nitrogens is 1. The van der Waals surface area contributed by atoms with Gasteiger partial charge in [0.1, 0.15) is 6.54 Å². The summed E-state index contributed by atoms with van der Waals surface area (Å²) in [5.41, 5.74) is 2.63. The van der Waals surface area contributed by atoms with Crippen LogP contribution in [0.1, 0.15) is 29.7 Å². The van der Waals surface area contributed by atoms with E-state index < -0.39 is 5.54 Å². The molecule has 152 valence electrons. The molecule has 0 aliphatic carbocycles.